The lowest BCUT2D eigenvalue weighted by atomic mass is 9.79. The van der Waals surface area contributed by atoms with Crippen LogP contribution in [0.15, 0.2) is 36.9 Å². The minimum absolute atomic E-state index is 0.129. The summed E-state index contributed by atoms with van der Waals surface area (Å²) in [7, 11) is 0. The maximum atomic E-state index is 12.7. The van der Waals surface area contributed by atoms with Gasteiger partial charge in [-0.1, -0.05) is 38.6 Å². The number of nitrogens with zero attached hydrogens (tertiary/aromatic N) is 1. The number of carbonyl (C=O) groups excluding carboxylic acids is 2. The first kappa shape index (κ1) is 17.3. The van der Waals surface area contributed by atoms with Crippen LogP contribution >= 0.6 is 0 Å². The summed E-state index contributed by atoms with van der Waals surface area (Å²) in [4.78, 5) is 26.2. The van der Waals surface area contributed by atoms with Crippen LogP contribution in [0.2, 0.25) is 0 Å². The van der Waals surface area contributed by atoms with Crippen LogP contribution in [0.3, 0.4) is 0 Å². The number of likely N-dealkylation sites (tertiary alicyclic amines) is 1. The molecule has 2 amide bonds. The quantitative estimate of drug-likeness (QED) is 0.847. The molecule has 1 atom stereocenters. The van der Waals surface area contributed by atoms with E-state index in [2.05, 4.69) is 25.7 Å². The van der Waals surface area contributed by atoms with Crippen molar-refractivity contribution in [3.8, 4) is 0 Å². The molecule has 0 aromatic heterocycles. The molecule has 1 unspecified atom stereocenters. The molecule has 1 aromatic carbocycles. The number of hydrogen-bond donors (Lipinski definition) is 1. The zero-order valence-corrected chi connectivity index (χ0v) is 14.1. The van der Waals surface area contributed by atoms with E-state index in [-0.39, 0.29) is 17.2 Å². The van der Waals surface area contributed by atoms with Gasteiger partial charge in [-0.2, -0.15) is 0 Å². The Labute approximate surface area is 138 Å². The fraction of sp³-hybridized carbons (Fsp3) is 0.474. The molecule has 1 aromatic rings. The highest BCUT2D eigenvalue weighted by Crippen LogP contribution is 2.32. The van der Waals surface area contributed by atoms with Crippen LogP contribution in [-0.2, 0) is 16.0 Å². The van der Waals surface area contributed by atoms with Crippen LogP contribution in [0.1, 0.15) is 38.7 Å². The van der Waals surface area contributed by atoms with Crippen molar-refractivity contribution in [2.24, 2.45) is 5.41 Å². The van der Waals surface area contributed by atoms with Gasteiger partial charge in [-0.15, -0.1) is 0 Å². The highest BCUT2D eigenvalue weighted by molar-refractivity contribution is 5.99. The molecule has 1 saturated heterocycles. The largest absolute Gasteiger partial charge is 0.342 e. The van der Waals surface area contributed by atoms with E-state index in [0.29, 0.717) is 12.1 Å². The lowest BCUT2D eigenvalue weighted by molar-refractivity contribution is -0.133. The van der Waals surface area contributed by atoms with E-state index in [9.17, 15) is 9.59 Å². The van der Waals surface area contributed by atoms with Gasteiger partial charge in [0.2, 0.25) is 11.8 Å². The lowest BCUT2D eigenvalue weighted by Crippen LogP contribution is -2.45. The number of anilines is 1. The molecule has 1 aliphatic rings. The molecule has 4 nitrogen and oxygen atoms in total. The first-order chi connectivity index (χ1) is 11.0. The van der Waals surface area contributed by atoms with E-state index in [4.69, 9.17) is 0 Å². The van der Waals surface area contributed by atoms with Crippen LogP contribution in [0, 0.1) is 5.41 Å². The zero-order chi connectivity index (χ0) is 16.9. The monoisotopic (exact) mass is 314 g/mol. The Morgan fingerprint density at radius 1 is 1.39 bits per heavy atom. The van der Waals surface area contributed by atoms with E-state index in [1.54, 1.807) is 0 Å². The SMILES string of the molecule is C=CC(=O)Nc1ccccc1CC(=O)N1CCCC(C)(CC)C1. The molecule has 1 fully saturated rings. The average molecular weight is 314 g/mol. The highest BCUT2D eigenvalue weighted by Gasteiger charge is 2.31. The van der Waals surface area contributed by atoms with Crippen LogP contribution in [0.25, 0.3) is 0 Å². The maximum absolute atomic E-state index is 12.7. The van der Waals surface area contributed by atoms with Gasteiger partial charge in [0, 0.05) is 18.8 Å². The number of nitrogens with one attached hydrogen (secondary N) is 1. The third-order valence-corrected chi connectivity index (χ3v) is 4.79. The summed E-state index contributed by atoms with van der Waals surface area (Å²) in [5.41, 5.74) is 1.75. The molecular weight excluding hydrogens is 288 g/mol. The number of rotatable bonds is 5. The third-order valence-electron chi connectivity index (χ3n) is 4.79. The maximum Gasteiger partial charge on any atom is 0.247 e. The normalized spacial score (nSPS) is 20.9. The van der Waals surface area contributed by atoms with Gasteiger partial charge < -0.3 is 10.2 Å². The van der Waals surface area contributed by atoms with Gasteiger partial charge in [-0.05, 0) is 42.4 Å². The summed E-state index contributed by atoms with van der Waals surface area (Å²) in [5, 5.41) is 2.77. The lowest BCUT2D eigenvalue weighted by Gasteiger charge is -2.40. The first-order valence-electron chi connectivity index (χ1n) is 8.26. The first-order valence-corrected chi connectivity index (χ1v) is 8.26. The van der Waals surface area contributed by atoms with E-state index in [1.165, 1.54) is 12.5 Å². The van der Waals surface area contributed by atoms with Crippen molar-refractivity contribution in [1.82, 2.24) is 4.90 Å². The second-order valence-electron chi connectivity index (χ2n) is 6.61. The minimum Gasteiger partial charge on any atom is -0.342 e. The number of benzene rings is 1. The van der Waals surface area contributed by atoms with E-state index < -0.39 is 0 Å². The predicted molar refractivity (Wildman–Crippen MR) is 93.2 cm³/mol. The fourth-order valence-electron chi connectivity index (χ4n) is 3.07. The zero-order valence-electron chi connectivity index (χ0n) is 14.1. The summed E-state index contributed by atoms with van der Waals surface area (Å²) in [5.74, 6) is -0.133. The molecule has 0 saturated carbocycles. The standard InChI is InChI=1S/C19H26N2O2/c1-4-17(22)20-16-10-7-6-9-15(16)13-18(23)21-12-8-11-19(3,5-2)14-21/h4,6-7,9-10H,1,5,8,11-14H2,2-3H3,(H,20,22). The second-order valence-corrected chi connectivity index (χ2v) is 6.61. The van der Waals surface area contributed by atoms with Crippen molar-refractivity contribution in [3.05, 3.63) is 42.5 Å². The van der Waals surface area contributed by atoms with E-state index >= 15 is 0 Å². The Morgan fingerprint density at radius 2 is 2.13 bits per heavy atom. The summed E-state index contributed by atoms with van der Waals surface area (Å²) in [6.45, 7) is 9.55. The molecule has 2 rings (SSSR count). The van der Waals surface area contributed by atoms with E-state index in [0.717, 1.165) is 31.5 Å². The third kappa shape index (κ3) is 4.44. The number of amides is 2. The number of carbonyl (C=O) groups is 2. The molecule has 1 aliphatic heterocycles. The topological polar surface area (TPSA) is 49.4 Å². The fourth-order valence-corrected chi connectivity index (χ4v) is 3.07. The molecular formula is C19H26N2O2. The molecule has 4 heteroatoms. The number of para-hydroxylation sites is 1. The Kier molecular flexibility index (Phi) is 5.59. The molecule has 0 aliphatic carbocycles. The van der Waals surface area contributed by atoms with Crippen molar-refractivity contribution < 1.29 is 9.59 Å². The summed E-state index contributed by atoms with van der Waals surface area (Å²) >= 11 is 0. The van der Waals surface area contributed by atoms with Gasteiger partial charge in [-0.25, -0.2) is 0 Å². The molecule has 124 valence electrons. The molecule has 0 radical (unpaired) electrons. The molecule has 23 heavy (non-hydrogen) atoms. The molecule has 1 N–H and O–H groups in total. The van der Waals surface area contributed by atoms with Gasteiger partial charge in [0.15, 0.2) is 0 Å². The van der Waals surface area contributed by atoms with Gasteiger partial charge >= 0.3 is 0 Å². The van der Waals surface area contributed by atoms with Crippen molar-refractivity contribution >= 4 is 17.5 Å². The van der Waals surface area contributed by atoms with Gasteiger partial charge in [0.25, 0.3) is 0 Å². The van der Waals surface area contributed by atoms with Crippen LogP contribution in [0.5, 0.6) is 0 Å². The van der Waals surface area contributed by atoms with Crippen LogP contribution in [0.4, 0.5) is 5.69 Å². The van der Waals surface area contributed by atoms with Crippen molar-refractivity contribution in [3.63, 3.8) is 0 Å². The van der Waals surface area contributed by atoms with Gasteiger partial charge in [0.1, 0.15) is 0 Å². The van der Waals surface area contributed by atoms with E-state index in [1.807, 2.05) is 29.2 Å². The molecule has 0 spiro atoms. The second kappa shape index (κ2) is 7.44. The number of piperidine rings is 1. The summed E-state index contributed by atoms with van der Waals surface area (Å²) < 4.78 is 0. The van der Waals surface area contributed by atoms with Crippen molar-refractivity contribution in [2.75, 3.05) is 18.4 Å². The van der Waals surface area contributed by atoms with Crippen molar-refractivity contribution in [1.29, 1.82) is 0 Å². The van der Waals surface area contributed by atoms with Gasteiger partial charge in [-0.3, -0.25) is 9.59 Å². The molecule has 0 bridgehead atoms. The average Bonchev–Trinajstić information content (AvgIpc) is 2.56. The predicted octanol–water partition coefficient (Wildman–Crippen LogP) is 3.39. The molecule has 1 heterocycles. The van der Waals surface area contributed by atoms with Crippen LogP contribution in [-0.4, -0.2) is 29.8 Å². The minimum atomic E-state index is -0.263. The Morgan fingerprint density at radius 3 is 2.83 bits per heavy atom. The highest BCUT2D eigenvalue weighted by atomic mass is 16.2. The van der Waals surface area contributed by atoms with Crippen molar-refractivity contribution in [2.45, 2.75) is 39.5 Å². The Hall–Kier alpha value is -2.10. The number of hydrogen-bond acceptors (Lipinski definition) is 2. The summed E-state index contributed by atoms with van der Waals surface area (Å²) in [6.07, 6.45) is 4.87. The summed E-state index contributed by atoms with van der Waals surface area (Å²) in [6, 6.07) is 7.44. The van der Waals surface area contributed by atoms with Gasteiger partial charge in [0.05, 0.1) is 6.42 Å². The Bertz CT molecular complexity index is 597. The van der Waals surface area contributed by atoms with Crippen LogP contribution < -0.4 is 5.32 Å². The smallest absolute Gasteiger partial charge is 0.247 e. The Balaban J connectivity index is 2.08.